The van der Waals surface area contributed by atoms with Gasteiger partial charge in [0.05, 0.1) is 16.5 Å². The molecule has 1 saturated heterocycles. The molecule has 1 aliphatic heterocycles. The van der Waals surface area contributed by atoms with Gasteiger partial charge in [-0.2, -0.15) is 0 Å². The Morgan fingerprint density at radius 1 is 1.26 bits per heavy atom. The minimum atomic E-state index is -0.853. The van der Waals surface area contributed by atoms with Crippen LogP contribution >= 0.6 is 0 Å². The van der Waals surface area contributed by atoms with Crippen LogP contribution < -0.4 is 0 Å². The Kier molecular flexibility index (Phi) is 4.21. The van der Waals surface area contributed by atoms with E-state index in [1.807, 2.05) is 45.0 Å². The molecule has 5 heteroatoms. The third-order valence-electron chi connectivity index (χ3n) is 6.33. The fourth-order valence-corrected chi connectivity index (χ4v) is 4.19. The summed E-state index contributed by atoms with van der Waals surface area (Å²) in [5.74, 6) is -0.443. The zero-order valence-corrected chi connectivity index (χ0v) is 16.2. The molecular weight excluding hydrogens is 340 g/mol. The first-order valence-corrected chi connectivity index (χ1v) is 9.76. The van der Waals surface area contributed by atoms with Crippen LogP contribution in [0.2, 0.25) is 0 Å². The maximum absolute atomic E-state index is 13.4. The minimum Gasteiger partial charge on any atom is -0.481 e. The van der Waals surface area contributed by atoms with Crippen LogP contribution in [-0.4, -0.2) is 40.0 Å². The van der Waals surface area contributed by atoms with Crippen molar-refractivity contribution >= 4 is 22.8 Å². The molecule has 0 bridgehead atoms. The first-order chi connectivity index (χ1) is 12.8. The summed E-state index contributed by atoms with van der Waals surface area (Å²) < 4.78 is 0. The van der Waals surface area contributed by atoms with Crippen LogP contribution in [0.4, 0.5) is 0 Å². The predicted octanol–water partition coefficient (Wildman–Crippen LogP) is 3.99. The molecule has 1 saturated carbocycles. The van der Waals surface area contributed by atoms with Crippen molar-refractivity contribution in [1.82, 2.24) is 9.88 Å². The summed E-state index contributed by atoms with van der Waals surface area (Å²) in [6.45, 7) is 6.62. The maximum atomic E-state index is 13.4. The number of nitrogens with zero attached hydrogens (tertiary/aromatic N) is 2. The molecule has 4 rings (SSSR count). The normalized spacial score (nSPS) is 22.6. The number of carboxylic acid groups (broad SMARTS) is 1. The highest BCUT2D eigenvalue weighted by Gasteiger charge is 2.48. The second-order valence-electron chi connectivity index (χ2n) is 8.48. The topological polar surface area (TPSA) is 70.5 Å². The number of carbonyl (C=O) groups excluding carboxylic acids is 1. The molecule has 0 radical (unpaired) electrons. The third kappa shape index (κ3) is 2.99. The molecule has 1 amide bonds. The van der Waals surface area contributed by atoms with E-state index in [4.69, 9.17) is 4.98 Å². The summed E-state index contributed by atoms with van der Waals surface area (Å²) in [5.41, 5.74) is 2.73. The van der Waals surface area contributed by atoms with Crippen molar-refractivity contribution in [2.24, 2.45) is 11.3 Å². The molecule has 0 spiro atoms. The third-order valence-corrected chi connectivity index (χ3v) is 6.33. The number of pyridine rings is 1. The molecule has 1 aromatic carbocycles. The van der Waals surface area contributed by atoms with Crippen LogP contribution in [0, 0.1) is 18.3 Å². The lowest BCUT2D eigenvalue weighted by molar-refractivity contribution is -0.150. The smallest absolute Gasteiger partial charge is 0.311 e. The number of carboxylic acids is 1. The Morgan fingerprint density at radius 2 is 2.00 bits per heavy atom. The number of aliphatic carboxylic acids is 1. The fraction of sp³-hybridized carbons (Fsp3) is 0.500. The molecule has 1 atom stereocenters. The summed E-state index contributed by atoms with van der Waals surface area (Å²) in [6, 6.07) is 7.95. The number of hydrogen-bond donors (Lipinski definition) is 1. The van der Waals surface area contributed by atoms with Gasteiger partial charge in [-0.05, 0) is 50.3 Å². The number of carbonyl (C=O) groups is 2. The number of benzene rings is 1. The van der Waals surface area contributed by atoms with Gasteiger partial charge in [0.1, 0.15) is 0 Å². The largest absolute Gasteiger partial charge is 0.481 e. The number of aryl methyl sites for hydroxylation is 1. The van der Waals surface area contributed by atoms with Gasteiger partial charge in [0.2, 0.25) is 0 Å². The van der Waals surface area contributed by atoms with E-state index in [-0.39, 0.29) is 18.4 Å². The fourth-order valence-electron chi connectivity index (χ4n) is 4.19. The average Bonchev–Trinajstić information content (AvgIpc) is 3.37. The molecule has 2 aromatic rings. The maximum Gasteiger partial charge on any atom is 0.311 e. The van der Waals surface area contributed by atoms with E-state index >= 15 is 0 Å². The monoisotopic (exact) mass is 366 g/mol. The van der Waals surface area contributed by atoms with E-state index in [9.17, 15) is 14.7 Å². The lowest BCUT2D eigenvalue weighted by Gasteiger charge is -2.28. The lowest BCUT2D eigenvalue weighted by Crippen LogP contribution is -2.40. The van der Waals surface area contributed by atoms with Gasteiger partial charge in [-0.25, -0.2) is 0 Å². The zero-order valence-electron chi connectivity index (χ0n) is 16.2. The van der Waals surface area contributed by atoms with Gasteiger partial charge in [-0.15, -0.1) is 0 Å². The Bertz CT molecular complexity index is 933. The highest BCUT2D eigenvalue weighted by molar-refractivity contribution is 6.06. The Balaban J connectivity index is 1.74. The summed E-state index contributed by atoms with van der Waals surface area (Å²) in [6.07, 6.45) is 2.75. The van der Waals surface area contributed by atoms with E-state index in [1.54, 1.807) is 4.90 Å². The van der Waals surface area contributed by atoms with E-state index in [0.29, 0.717) is 24.4 Å². The molecule has 142 valence electrons. The molecule has 1 aliphatic carbocycles. The van der Waals surface area contributed by atoms with Gasteiger partial charge in [0.25, 0.3) is 5.91 Å². The zero-order chi connectivity index (χ0) is 19.3. The summed E-state index contributed by atoms with van der Waals surface area (Å²) in [4.78, 5) is 31.8. The highest BCUT2D eigenvalue weighted by atomic mass is 16.4. The van der Waals surface area contributed by atoms with Gasteiger partial charge in [0, 0.05) is 30.1 Å². The summed E-state index contributed by atoms with van der Waals surface area (Å²) in [5, 5.41) is 10.7. The van der Waals surface area contributed by atoms with Gasteiger partial charge in [-0.1, -0.05) is 25.5 Å². The van der Waals surface area contributed by atoms with Crippen molar-refractivity contribution in [2.45, 2.75) is 46.0 Å². The van der Waals surface area contributed by atoms with E-state index in [1.165, 1.54) is 0 Å². The number of hydrogen-bond acceptors (Lipinski definition) is 3. The van der Waals surface area contributed by atoms with Gasteiger partial charge in [0.15, 0.2) is 0 Å². The lowest BCUT2D eigenvalue weighted by atomic mass is 9.76. The molecular formula is C22H26N2O3. The van der Waals surface area contributed by atoms with Crippen molar-refractivity contribution < 1.29 is 14.7 Å². The minimum absolute atomic E-state index is 0.0220. The molecule has 2 heterocycles. The van der Waals surface area contributed by atoms with Crippen LogP contribution in [0.25, 0.3) is 10.9 Å². The van der Waals surface area contributed by atoms with Crippen LogP contribution in [0.3, 0.4) is 0 Å². The van der Waals surface area contributed by atoms with Gasteiger partial charge in [-0.3, -0.25) is 14.6 Å². The number of likely N-dealkylation sites (tertiary alicyclic amines) is 1. The van der Waals surface area contributed by atoms with Crippen molar-refractivity contribution in [2.75, 3.05) is 13.1 Å². The molecule has 1 N–H and O–H groups in total. The quantitative estimate of drug-likeness (QED) is 0.888. The molecule has 5 nitrogen and oxygen atoms in total. The van der Waals surface area contributed by atoms with Crippen molar-refractivity contribution in [3.63, 3.8) is 0 Å². The second-order valence-corrected chi connectivity index (χ2v) is 8.48. The van der Waals surface area contributed by atoms with Gasteiger partial charge >= 0.3 is 5.97 Å². The Hall–Kier alpha value is -2.43. The molecule has 27 heavy (non-hydrogen) atoms. The first kappa shape index (κ1) is 18.0. The second kappa shape index (κ2) is 6.32. The first-order valence-electron chi connectivity index (χ1n) is 9.76. The summed E-state index contributed by atoms with van der Waals surface area (Å²) in [7, 11) is 0. The average molecular weight is 366 g/mol. The van der Waals surface area contributed by atoms with Crippen molar-refractivity contribution in [1.29, 1.82) is 0 Å². The van der Waals surface area contributed by atoms with E-state index in [2.05, 4.69) is 0 Å². The SMILES string of the molecule is Cc1ccc2nc(C3CC3)cc(C(=O)N3CCC(C(=O)O)(C(C)C)C3)c2c1. The van der Waals surface area contributed by atoms with Crippen molar-refractivity contribution in [3.8, 4) is 0 Å². The predicted molar refractivity (Wildman–Crippen MR) is 104 cm³/mol. The molecule has 2 aliphatic rings. The molecule has 1 unspecified atom stereocenters. The Morgan fingerprint density at radius 3 is 2.59 bits per heavy atom. The highest BCUT2D eigenvalue weighted by Crippen LogP contribution is 2.42. The van der Waals surface area contributed by atoms with Crippen LogP contribution in [0.5, 0.6) is 0 Å². The number of fused-ring (bicyclic) bond motifs is 1. The summed E-state index contributed by atoms with van der Waals surface area (Å²) >= 11 is 0. The van der Waals surface area contributed by atoms with Crippen LogP contribution in [-0.2, 0) is 4.79 Å². The van der Waals surface area contributed by atoms with E-state index in [0.717, 1.165) is 35.0 Å². The molecule has 1 aromatic heterocycles. The number of aromatic nitrogens is 1. The standard InChI is InChI=1S/C22H26N2O3/c1-13(2)22(21(26)27)8-9-24(12-22)20(25)17-11-19(15-5-6-15)23-18-7-4-14(3)10-16(17)18/h4,7,10-11,13,15H,5-6,8-9,12H2,1-3H3,(H,26,27). The van der Waals surface area contributed by atoms with Crippen molar-refractivity contribution in [3.05, 3.63) is 41.1 Å². The van der Waals surface area contributed by atoms with Gasteiger partial charge < -0.3 is 10.0 Å². The molecule has 2 fully saturated rings. The van der Waals surface area contributed by atoms with Crippen LogP contribution in [0.15, 0.2) is 24.3 Å². The van der Waals surface area contributed by atoms with Crippen LogP contribution in [0.1, 0.15) is 60.6 Å². The Labute approximate surface area is 159 Å². The number of rotatable bonds is 4. The van der Waals surface area contributed by atoms with E-state index < -0.39 is 11.4 Å². The number of amides is 1.